The lowest BCUT2D eigenvalue weighted by atomic mass is 10.0. The third kappa shape index (κ3) is 4.85. The Hall–Kier alpha value is -1.56. The SMILES string of the molecule is Cc1noc(Cl)c1CCC(=O)N[C@H](CC(C)C)C(=O)O. The van der Waals surface area contributed by atoms with Crippen molar-refractivity contribution in [2.75, 3.05) is 0 Å². The lowest BCUT2D eigenvalue weighted by Crippen LogP contribution is -2.41. The van der Waals surface area contributed by atoms with Gasteiger partial charge in [0.25, 0.3) is 0 Å². The molecule has 1 atom stereocenters. The molecule has 0 radical (unpaired) electrons. The van der Waals surface area contributed by atoms with E-state index in [1.54, 1.807) is 6.92 Å². The molecule has 1 aromatic rings. The van der Waals surface area contributed by atoms with Crippen molar-refractivity contribution < 1.29 is 19.2 Å². The van der Waals surface area contributed by atoms with Crippen LogP contribution >= 0.6 is 11.6 Å². The van der Waals surface area contributed by atoms with Crippen LogP contribution in [0, 0.1) is 12.8 Å². The summed E-state index contributed by atoms with van der Waals surface area (Å²) in [6, 6.07) is -0.860. The van der Waals surface area contributed by atoms with Gasteiger partial charge in [0.05, 0.1) is 5.69 Å². The molecule has 7 heteroatoms. The minimum absolute atomic E-state index is 0.143. The molecule has 0 aromatic carbocycles. The number of amides is 1. The van der Waals surface area contributed by atoms with Crippen LogP contribution in [0.5, 0.6) is 0 Å². The number of carbonyl (C=O) groups excluding carboxylic acids is 1. The van der Waals surface area contributed by atoms with E-state index in [1.165, 1.54) is 0 Å². The van der Waals surface area contributed by atoms with Gasteiger partial charge in [-0.05, 0) is 37.3 Å². The molecule has 0 saturated carbocycles. The van der Waals surface area contributed by atoms with Gasteiger partial charge in [0.15, 0.2) is 0 Å². The molecule has 0 aliphatic carbocycles. The molecule has 112 valence electrons. The maximum absolute atomic E-state index is 11.8. The van der Waals surface area contributed by atoms with Crippen molar-refractivity contribution in [2.24, 2.45) is 5.92 Å². The lowest BCUT2D eigenvalue weighted by Gasteiger charge is -2.16. The molecule has 0 unspecified atom stereocenters. The van der Waals surface area contributed by atoms with Crippen LogP contribution in [-0.4, -0.2) is 28.2 Å². The van der Waals surface area contributed by atoms with Crippen LogP contribution in [0.4, 0.5) is 0 Å². The number of aryl methyl sites for hydroxylation is 1. The van der Waals surface area contributed by atoms with E-state index >= 15 is 0 Å². The zero-order valence-electron chi connectivity index (χ0n) is 11.8. The first-order chi connectivity index (χ1) is 9.31. The first-order valence-corrected chi connectivity index (χ1v) is 6.81. The maximum atomic E-state index is 11.8. The quantitative estimate of drug-likeness (QED) is 0.805. The minimum Gasteiger partial charge on any atom is -0.480 e. The molecule has 1 amide bonds. The topological polar surface area (TPSA) is 92.4 Å². The average molecular weight is 303 g/mol. The molecule has 1 rings (SSSR count). The highest BCUT2D eigenvalue weighted by Crippen LogP contribution is 2.20. The number of rotatable bonds is 7. The number of carboxylic acid groups (broad SMARTS) is 1. The monoisotopic (exact) mass is 302 g/mol. The lowest BCUT2D eigenvalue weighted by molar-refractivity contribution is -0.142. The zero-order valence-corrected chi connectivity index (χ0v) is 12.5. The Balaban J connectivity index is 2.52. The van der Waals surface area contributed by atoms with Crippen LogP contribution in [0.15, 0.2) is 4.52 Å². The van der Waals surface area contributed by atoms with Gasteiger partial charge >= 0.3 is 5.97 Å². The molecule has 0 spiro atoms. The number of halogens is 1. The highest BCUT2D eigenvalue weighted by atomic mass is 35.5. The molecule has 20 heavy (non-hydrogen) atoms. The van der Waals surface area contributed by atoms with Crippen LogP contribution < -0.4 is 5.32 Å². The number of carbonyl (C=O) groups is 2. The Bertz CT molecular complexity index is 465. The van der Waals surface area contributed by atoms with Gasteiger partial charge in [0, 0.05) is 12.0 Å². The summed E-state index contributed by atoms with van der Waals surface area (Å²) in [4.78, 5) is 22.8. The van der Waals surface area contributed by atoms with Gasteiger partial charge in [-0.3, -0.25) is 4.79 Å². The standard InChI is InChI=1S/C13H19ClN2O4/c1-7(2)6-10(13(18)19)15-11(17)5-4-9-8(3)16-20-12(9)14/h7,10H,4-6H2,1-3H3,(H,15,17)(H,18,19)/t10-/m1/s1. The molecule has 1 heterocycles. The van der Waals surface area contributed by atoms with Crippen LogP contribution in [0.25, 0.3) is 0 Å². The fourth-order valence-electron chi connectivity index (χ4n) is 1.84. The fourth-order valence-corrected chi connectivity index (χ4v) is 2.10. The van der Waals surface area contributed by atoms with Gasteiger partial charge in [0.1, 0.15) is 6.04 Å². The number of hydrogen-bond donors (Lipinski definition) is 2. The average Bonchev–Trinajstić information content (AvgIpc) is 2.65. The van der Waals surface area contributed by atoms with E-state index in [0.29, 0.717) is 24.1 Å². The number of nitrogens with zero attached hydrogens (tertiary/aromatic N) is 1. The number of nitrogens with one attached hydrogen (secondary N) is 1. The van der Waals surface area contributed by atoms with Gasteiger partial charge in [-0.1, -0.05) is 19.0 Å². The van der Waals surface area contributed by atoms with Gasteiger partial charge in [-0.2, -0.15) is 0 Å². The molecule has 0 saturated heterocycles. The smallest absolute Gasteiger partial charge is 0.326 e. The minimum atomic E-state index is -1.02. The summed E-state index contributed by atoms with van der Waals surface area (Å²) in [5.41, 5.74) is 1.32. The molecule has 2 N–H and O–H groups in total. The number of aliphatic carboxylic acids is 1. The summed E-state index contributed by atoms with van der Waals surface area (Å²) in [5, 5.41) is 15.4. The van der Waals surface area contributed by atoms with E-state index in [9.17, 15) is 9.59 Å². The molecular formula is C13H19ClN2O4. The van der Waals surface area contributed by atoms with Crippen molar-refractivity contribution in [1.82, 2.24) is 10.5 Å². The second-order valence-electron chi connectivity index (χ2n) is 5.11. The normalized spacial score (nSPS) is 12.4. The third-order valence-corrected chi connectivity index (χ3v) is 3.18. The van der Waals surface area contributed by atoms with E-state index in [2.05, 4.69) is 10.5 Å². The summed E-state index contributed by atoms with van der Waals surface area (Å²) >= 11 is 5.80. The van der Waals surface area contributed by atoms with Gasteiger partial charge in [0.2, 0.25) is 11.1 Å². The summed E-state index contributed by atoms with van der Waals surface area (Å²) in [6.07, 6.45) is 0.909. The Morgan fingerprint density at radius 2 is 2.10 bits per heavy atom. The predicted octanol–water partition coefficient (Wildman–Crippen LogP) is 2.18. The van der Waals surface area contributed by atoms with E-state index in [1.807, 2.05) is 13.8 Å². The second-order valence-corrected chi connectivity index (χ2v) is 5.45. The van der Waals surface area contributed by atoms with Crippen molar-refractivity contribution >= 4 is 23.5 Å². The molecular weight excluding hydrogens is 284 g/mol. The highest BCUT2D eigenvalue weighted by Gasteiger charge is 2.21. The van der Waals surface area contributed by atoms with Gasteiger partial charge < -0.3 is 14.9 Å². The van der Waals surface area contributed by atoms with Gasteiger partial charge in [-0.25, -0.2) is 4.79 Å². The molecule has 0 fully saturated rings. The highest BCUT2D eigenvalue weighted by molar-refractivity contribution is 6.29. The molecule has 0 bridgehead atoms. The predicted molar refractivity (Wildman–Crippen MR) is 73.6 cm³/mol. The summed E-state index contributed by atoms with van der Waals surface area (Å²) in [5.74, 6) is -1.16. The first-order valence-electron chi connectivity index (χ1n) is 6.44. The summed E-state index contributed by atoms with van der Waals surface area (Å²) < 4.78 is 4.79. The summed E-state index contributed by atoms with van der Waals surface area (Å²) in [7, 11) is 0. The second kappa shape index (κ2) is 7.28. The first kappa shape index (κ1) is 16.5. The van der Waals surface area contributed by atoms with E-state index in [0.717, 1.165) is 0 Å². The van der Waals surface area contributed by atoms with E-state index < -0.39 is 12.0 Å². The maximum Gasteiger partial charge on any atom is 0.326 e. The Morgan fingerprint density at radius 3 is 2.55 bits per heavy atom. The largest absolute Gasteiger partial charge is 0.480 e. The number of aromatic nitrogens is 1. The number of hydrogen-bond acceptors (Lipinski definition) is 4. The summed E-state index contributed by atoms with van der Waals surface area (Å²) in [6.45, 7) is 5.55. The molecule has 6 nitrogen and oxygen atoms in total. The van der Waals surface area contributed by atoms with Crippen molar-refractivity contribution in [1.29, 1.82) is 0 Å². The Labute approximate surface area is 122 Å². The molecule has 0 aliphatic rings. The Kier molecular flexibility index (Phi) is 6.01. The molecule has 0 aliphatic heterocycles. The van der Waals surface area contributed by atoms with Crippen LogP contribution in [0.1, 0.15) is 37.9 Å². The van der Waals surface area contributed by atoms with E-state index in [-0.39, 0.29) is 23.5 Å². The van der Waals surface area contributed by atoms with Crippen molar-refractivity contribution in [3.8, 4) is 0 Å². The van der Waals surface area contributed by atoms with Crippen molar-refractivity contribution in [2.45, 2.75) is 46.1 Å². The van der Waals surface area contributed by atoms with Crippen LogP contribution in [0.3, 0.4) is 0 Å². The van der Waals surface area contributed by atoms with Crippen molar-refractivity contribution in [3.63, 3.8) is 0 Å². The number of carboxylic acids is 1. The van der Waals surface area contributed by atoms with Crippen LogP contribution in [-0.2, 0) is 16.0 Å². The Morgan fingerprint density at radius 1 is 1.45 bits per heavy atom. The van der Waals surface area contributed by atoms with Gasteiger partial charge in [-0.15, -0.1) is 0 Å². The zero-order chi connectivity index (χ0) is 15.3. The fraction of sp³-hybridized carbons (Fsp3) is 0.615. The molecule has 1 aromatic heterocycles. The van der Waals surface area contributed by atoms with Crippen molar-refractivity contribution in [3.05, 3.63) is 16.5 Å². The third-order valence-electron chi connectivity index (χ3n) is 2.88. The van der Waals surface area contributed by atoms with Crippen LogP contribution in [0.2, 0.25) is 5.22 Å². The van der Waals surface area contributed by atoms with E-state index in [4.69, 9.17) is 21.2 Å².